The van der Waals surface area contributed by atoms with Crippen LogP contribution in [0.1, 0.15) is 12.8 Å². The zero-order valence-corrected chi connectivity index (χ0v) is 16.7. The molecule has 142 valence electrons. The molecule has 0 radical (unpaired) electrons. The summed E-state index contributed by atoms with van der Waals surface area (Å²) < 4.78 is 28.8. The summed E-state index contributed by atoms with van der Waals surface area (Å²) in [7, 11) is -1.89. The summed E-state index contributed by atoms with van der Waals surface area (Å²) >= 11 is 5.81. The maximum absolute atomic E-state index is 12.8. The summed E-state index contributed by atoms with van der Waals surface area (Å²) in [6.45, 7) is 1.63. The van der Waals surface area contributed by atoms with Gasteiger partial charge in [-0.3, -0.25) is 4.79 Å². The first-order valence-corrected chi connectivity index (χ1v) is 10.1. The Balaban J connectivity index is 0.00000312. The lowest BCUT2D eigenvalue weighted by atomic mass is 9.95. The molecule has 0 aliphatic carbocycles. The first-order chi connectivity index (χ1) is 11.3. The van der Waals surface area contributed by atoms with E-state index in [0.717, 1.165) is 6.26 Å². The minimum atomic E-state index is -3.50. The third kappa shape index (κ3) is 5.23. The van der Waals surface area contributed by atoms with Crippen LogP contribution in [0.25, 0.3) is 0 Å². The SMILES string of the molecule is CN(CCOc1ccc(Cl)cc1)C(=O)C1(S(C)(=O)=O)CCNCC1.Cl. The molecule has 1 aliphatic heterocycles. The van der Waals surface area contributed by atoms with Crippen molar-refractivity contribution >= 4 is 39.8 Å². The summed E-state index contributed by atoms with van der Waals surface area (Å²) in [5, 5.41) is 3.72. The third-order valence-electron chi connectivity index (χ3n) is 4.37. The van der Waals surface area contributed by atoms with Crippen LogP contribution in [0, 0.1) is 0 Å². The van der Waals surface area contributed by atoms with Crippen molar-refractivity contribution in [2.75, 3.05) is 39.5 Å². The van der Waals surface area contributed by atoms with Crippen LogP contribution in [0.4, 0.5) is 0 Å². The summed E-state index contributed by atoms with van der Waals surface area (Å²) in [6.07, 6.45) is 1.74. The van der Waals surface area contributed by atoms with E-state index in [-0.39, 0.29) is 24.9 Å². The predicted octanol–water partition coefficient (Wildman–Crippen LogP) is 1.77. The smallest absolute Gasteiger partial charge is 0.243 e. The van der Waals surface area contributed by atoms with Gasteiger partial charge in [-0.2, -0.15) is 0 Å². The van der Waals surface area contributed by atoms with Crippen molar-refractivity contribution in [1.82, 2.24) is 10.2 Å². The summed E-state index contributed by atoms with van der Waals surface area (Å²) in [4.78, 5) is 14.2. The minimum Gasteiger partial charge on any atom is -0.492 e. The third-order valence-corrected chi connectivity index (χ3v) is 6.62. The highest BCUT2D eigenvalue weighted by molar-refractivity contribution is 7.92. The van der Waals surface area contributed by atoms with Crippen molar-refractivity contribution in [3.8, 4) is 5.75 Å². The van der Waals surface area contributed by atoms with E-state index in [0.29, 0.717) is 43.2 Å². The maximum atomic E-state index is 12.8. The van der Waals surface area contributed by atoms with Crippen molar-refractivity contribution in [3.63, 3.8) is 0 Å². The zero-order valence-electron chi connectivity index (χ0n) is 14.3. The van der Waals surface area contributed by atoms with E-state index in [4.69, 9.17) is 16.3 Å². The highest BCUT2D eigenvalue weighted by Crippen LogP contribution is 2.29. The Kier molecular flexibility index (Phi) is 7.99. The van der Waals surface area contributed by atoms with Crippen LogP contribution < -0.4 is 10.1 Å². The lowest BCUT2D eigenvalue weighted by Gasteiger charge is -2.37. The van der Waals surface area contributed by atoms with Crippen LogP contribution in [-0.2, 0) is 14.6 Å². The average Bonchev–Trinajstić information content (AvgIpc) is 2.55. The Morgan fingerprint density at radius 3 is 2.36 bits per heavy atom. The Labute approximate surface area is 160 Å². The molecule has 1 fully saturated rings. The number of carbonyl (C=O) groups is 1. The molecule has 1 aromatic rings. The number of amides is 1. The van der Waals surface area contributed by atoms with Crippen molar-refractivity contribution < 1.29 is 17.9 Å². The molecular formula is C16H24Cl2N2O4S. The molecule has 1 aromatic carbocycles. The number of piperidine rings is 1. The topological polar surface area (TPSA) is 75.7 Å². The molecule has 0 unspecified atom stereocenters. The Morgan fingerprint density at radius 2 is 1.84 bits per heavy atom. The summed E-state index contributed by atoms with van der Waals surface area (Å²) in [6, 6.07) is 6.93. The lowest BCUT2D eigenvalue weighted by molar-refractivity contribution is -0.133. The van der Waals surface area contributed by atoms with Crippen LogP contribution in [0.15, 0.2) is 24.3 Å². The highest BCUT2D eigenvalue weighted by atomic mass is 35.5. The van der Waals surface area contributed by atoms with Gasteiger partial charge in [0.25, 0.3) is 0 Å². The Morgan fingerprint density at radius 1 is 1.28 bits per heavy atom. The van der Waals surface area contributed by atoms with Gasteiger partial charge in [0.15, 0.2) is 14.6 Å². The molecular weight excluding hydrogens is 387 g/mol. The molecule has 9 heteroatoms. The van der Waals surface area contributed by atoms with Crippen LogP contribution >= 0.6 is 24.0 Å². The quantitative estimate of drug-likeness (QED) is 0.772. The Bertz CT molecular complexity index is 674. The van der Waals surface area contributed by atoms with E-state index in [1.807, 2.05) is 0 Å². The molecule has 25 heavy (non-hydrogen) atoms. The van der Waals surface area contributed by atoms with Gasteiger partial charge in [-0.25, -0.2) is 8.42 Å². The van der Waals surface area contributed by atoms with Gasteiger partial charge in [-0.1, -0.05) is 11.6 Å². The molecule has 0 atom stereocenters. The second-order valence-corrected chi connectivity index (χ2v) is 8.81. The molecule has 1 N–H and O–H groups in total. The highest BCUT2D eigenvalue weighted by Gasteiger charge is 2.49. The number of hydrogen-bond donors (Lipinski definition) is 1. The molecule has 1 amide bonds. The molecule has 0 bridgehead atoms. The van der Waals surface area contributed by atoms with Crippen molar-refractivity contribution in [2.45, 2.75) is 17.6 Å². The van der Waals surface area contributed by atoms with E-state index >= 15 is 0 Å². The number of benzene rings is 1. The molecule has 0 aromatic heterocycles. The van der Waals surface area contributed by atoms with Gasteiger partial charge in [0.05, 0.1) is 6.54 Å². The van der Waals surface area contributed by atoms with E-state index in [1.54, 1.807) is 31.3 Å². The van der Waals surface area contributed by atoms with Gasteiger partial charge in [-0.05, 0) is 50.2 Å². The van der Waals surface area contributed by atoms with E-state index in [9.17, 15) is 13.2 Å². The van der Waals surface area contributed by atoms with Crippen molar-refractivity contribution in [3.05, 3.63) is 29.3 Å². The predicted molar refractivity (Wildman–Crippen MR) is 102 cm³/mol. The molecule has 2 rings (SSSR count). The Hall–Kier alpha value is -1.02. The first kappa shape index (κ1) is 22.0. The van der Waals surface area contributed by atoms with Crippen LogP contribution in [0.2, 0.25) is 5.02 Å². The maximum Gasteiger partial charge on any atom is 0.243 e. The summed E-state index contributed by atoms with van der Waals surface area (Å²) in [5.41, 5.74) is 0. The summed E-state index contributed by atoms with van der Waals surface area (Å²) in [5.74, 6) is 0.297. The molecule has 1 heterocycles. The fourth-order valence-corrected chi connectivity index (χ4v) is 4.40. The second kappa shape index (κ2) is 9.07. The molecule has 0 spiro atoms. The van der Waals surface area contributed by atoms with Gasteiger partial charge in [-0.15, -0.1) is 12.4 Å². The number of hydrogen-bond acceptors (Lipinski definition) is 5. The van der Waals surface area contributed by atoms with Crippen molar-refractivity contribution in [2.24, 2.45) is 0 Å². The van der Waals surface area contributed by atoms with E-state index < -0.39 is 14.6 Å². The molecule has 6 nitrogen and oxygen atoms in total. The standard InChI is InChI=1S/C16H23ClN2O4S.ClH/c1-19(11-12-23-14-5-3-13(17)4-6-14)15(20)16(24(2,21)22)7-9-18-10-8-16;/h3-6,18H,7-12H2,1-2H3;1H. The molecule has 0 saturated carbocycles. The van der Waals surface area contributed by atoms with Crippen LogP contribution in [-0.4, -0.2) is 63.5 Å². The lowest BCUT2D eigenvalue weighted by Crippen LogP contribution is -2.57. The number of nitrogens with zero attached hydrogens (tertiary/aromatic N) is 1. The number of sulfone groups is 1. The van der Waals surface area contributed by atoms with Crippen LogP contribution in [0.3, 0.4) is 0 Å². The second-order valence-electron chi connectivity index (χ2n) is 6.05. The average molecular weight is 411 g/mol. The minimum absolute atomic E-state index is 0. The van der Waals surface area contributed by atoms with Crippen LogP contribution in [0.5, 0.6) is 5.75 Å². The number of carbonyl (C=O) groups excluding carboxylic acids is 1. The number of rotatable bonds is 6. The number of ether oxygens (including phenoxy) is 1. The van der Waals surface area contributed by atoms with Crippen molar-refractivity contribution in [1.29, 1.82) is 0 Å². The fourth-order valence-electron chi connectivity index (χ4n) is 2.85. The first-order valence-electron chi connectivity index (χ1n) is 7.80. The van der Waals surface area contributed by atoms with Gasteiger partial charge in [0.1, 0.15) is 12.4 Å². The number of halogens is 2. The monoisotopic (exact) mass is 410 g/mol. The molecule has 1 saturated heterocycles. The van der Waals surface area contributed by atoms with E-state index in [2.05, 4.69) is 5.32 Å². The van der Waals surface area contributed by atoms with Gasteiger partial charge in [0.2, 0.25) is 5.91 Å². The normalized spacial score (nSPS) is 16.6. The van der Waals surface area contributed by atoms with E-state index in [1.165, 1.54) is 4.90 Å². The zero-order chi connectivity index (χ0) is 17.8. The number of nitrogens with one attached hydrogen (secondary N) is 1. The largest absolute Gasteiger partial charge is 0.492 e. The fraction of sp³-hybridized carbons (Fsp3) is 0.562. The van der Waals surface area contributed by atoms with Gasteiger partial charge in [0, 0.05) is 18.3 Å². The van der Waals surface area contributed by atoms with Gasteiger partial charge >= 0.3 is 0 Å². The van der Waals surface area contributed by atoms with Gasteiger partial charge < -0.3 is 15.0 Å². The molecule has 1 aliphatic rings. The number of likely N-dealkylation sites (N-methyl/N-ethyl adjacent to an activating group) is 1.